The maximum absolute atomic E-state index is 12.4. The lowest BCUT2D eigenvalue weighted by molar-refractivity contribution is 0.336. The maximum Gasteiger partial charge on any atom is 0.343 e. The number of halogens is 1. The minimum absolute atomic E-state index is 0. The first-order valence-electron chi connectivity index (χ1n) is 7.44. The van der Waals surface area contributed by atoms with E-state index in [1.54, 1.807) is 24.3 Å². The van der Waals surface area contributed by atoms with Gasteiger partial charge in [-0.1, -0.05) is 57.1 Å². The van der Waals surface area contributed by atoms with Crippen LogP contribution in [0.3, 0.4) is 0 Å². The molecule has 0 radical (unpaired) electrons. The first kappa shape index (κ1) is 22.8. The van der Waals surface area contributed by atoms with E-state index in [4.69, 9.17) is 11.6 Å². The van der Waals surface area contributed by atoms with E-state index >= 15 is 0 Å². The van der Waals surface area contributed by atoms with Gasteiger partial charge < -0.3 is 9.79 Å². The molecule has 2 rings (SSSR count). The van der Waals surface area contributed by atoms with Gasteiger partial charge in [0.1, 0.15) is 5.78 Å². The van der Waals surface area contributed by atoms with Gasteiger partial charge in [0.05, 0.1) is 4.90 Å². The van der Waals surface area contributed by atoms with Crippen LogP contribution in [-0.4, -0.2) is 24.0 Å². The summed E-state index contributed by atoms with van der Waals surface area (Å²) < 4.78 is 38.4. The molecule has 0 unspecified atom stereocenters. The fourth-order valence-electron chi connectivity index (χ4n) is 2.29. The van der Waals surface area contributed by atoms with E-state index < -0.39 is 29.3 Å². The molecule has 0 aliphatic rings. The van der Waals surface area contributed by atoms with Crippen LogP contribution in [0.25, 0.3) is 11.1 Å². The molecule has 0 saturated carbocycles. The normalized spacial score (nSPS) is 13.3. The van der Waals surface area contributed by atoms with E-state index in [0.717, 1.165) is 11.1 Å². The van der Waals surface area contributed by atoms with E-state index in [-0.39, 0.29) is 12.3 Å². The lowest BCUT2D eigenvalue weighted by Gasteiger charge is -2.23. The fraction of sp³-hybridized carbons (Fsp3) is 0.294. The molecule has 1 atom stereocenters. The van der Waals surface area contributed by atoms with Crippen LogP contribution >= 0.6 is 19.2 Å². The molecule has 0 bridgehead atoms. The Balaban J connectivity index is 0.00000338. The average Bonchev–Trinajstić information content (AvgIpc) is 2.52. The van der Waals surface area contributed by atoms with Crippen LogP contribution < -0.4 is 4.72 Å². The number of rotatable bonds is 6. The van der Waals surface area contributed by atoms with Crippen molar-refractivity contribution in [3.05, 3.63) is 53.6 Å². The standard InChI is InChI=1S/C16H19ClNO5PS.CH4/c1-11(2)16(24(19,20)21)18-25(22,23)15-9-5-13(6-10-15)12-3-7-14(17)8-4-12;/h3-11,16,18H,1-2H3,(H2,19,20,21);1H4/t16-;/m0./s1. The van der Waals surface area contributed by atoms with Crippen molar-refractivity contribution in [3.63, 3.8) is 0 Å². The van der Waals surface area contributed by atoms with Crippen LogP contribution in [0.1, 0.15) is 21.3 Å². The Morgan fingerprint density at radius 1 is 0.962 bits per heavy atom. The molecule has 144 valence electrons. The highest BCUT2D eigenvalue weighted by molar-refractivity contribution is 7.89. The summed E-state index contributed by atoms with van der Waals surface area (Å²) in [5.41, 5.74) is 1.67. The monoisotopic (exact) mass is 419 g/mol. The summed E-state index contributed by atoms with van der Waals surface area (Å²) in [6.07, 6.45) is 0. The summed E-state index contributed by atoms with van der Waals surface area (Å²) in [6.45, 7) is 3.08. The van der Waals surface area contributed by atoms with E-state index in [2.05, 4.69) is 4.72 Å². The first-order valence-corrected chi connectivity index (χ1v) is 11.0. The maximum atomic E-state index is 12.4. The van der Waals surface area contributed by atoms with Gasteiger partial charge in [-0.25, -0.2) is 8.42 Å². The van der Waals surface area contributed by atoms with Crippen molar-refractivity contribution < 1.29 is 22.8 Å². The second kappa shape index (κ2) is 8.65. The van der Waals surface area contributed by atoms with Crippen LogP contribution in [-0.2, 0) is 14.6 Å². The van der Waals surface area contributed by atoms with E-state index in [1.165, 1.54) is 26.0 Å². The quantitative estimate of drug-likeness (QED) is 0.612. The summed E-state index contributed by atoms with van der Waals surface area (Å²) in [5.74, 6) is -2.04. The van der Waals surface area contributed by atoms with Crippen molar-refractivity contribution in [2.75, 3.05) is 0 Å². The Morgan fingerprint density at radius 3 is 1.77 bits per heavy atom. The Hall–Kier alpha value is -1.21. The Kier molecular flexibility index (Phi) is 7.60. The molecule has 26 heavy (non-hydrogen) atoms. The zero-order valence-corrected chi connectivity index (χ0v) is 16.1. The van der Waals surface area contributed by atoms with Gasteiger partial charge in [-0.15, -0.1) is 0 Å². The van der Waals surface area contributed by atoms with Crippen LogP contribution in [0, 0.1) is 5.92 Å². The molecule has 0 amide bonds. The zero-order chi connectivity index (χ0) is 18.8. The Morgan fingerprint density at radius 2 is 1.38 bits per heavy atom. The van der Waals surface area contributed by atoms with Crippen molar-refractivity contribution >= 4 is 29.2 Å². The lowest BCUT2D eigenvalue weighted by atomic mass is 10.1. The molecular formula is C17H23ClNO5PS. The minimum atomic E-state index is -4.61. The molecule has 0 fully saturated rings. The van der Waals surface area contributed by atoms with Gasteiger partial charge in [0.15, 0.2) is 0 Å². The molecule has 0 saturated heterocycles. The third-order valence-electron chi connectivity index (χ3n) is 3.61. The lowest BCUT2D eigenvalue weighted by Crippen LogP contribution is -2.38. The predicted molar refractivity (Wildman–Crippen MR) is 105 cm³/mol. The smallest absolute Gasteiger partial charge is 0.323 e. The highest BCUT2D eigenvalue weighted by atomic mass is 35.5. The second-order valence-corrected chi connectivity index (χ2v) is 9.82. The van der Waals surface area contributed by atoms with Crippen LogP contribution in [0.2, 0.25) is 5.02 Å². The molecule has 2 aromatic carbocycles. The molecule has 2 aromatic rings. The Labute approximate surface area is 159 Å². The van der Waals surface area contributed by atoms with Crippen molar-refractivity contribution in [2.45, 2.75) is 32.0 Å². The van der Waals surface area contributed by atoms with Gasteiger partial charge in [0.2, 0.25) is 10.0 Å². The van der Waals surface area contributed by atoms with Gasteiger partial charge >= 0.3 is 7.60 Å². The van der Waals surface area contributed by atoms with Crippen molar-refractivity contribution in [2.24, 2.45) is 5.92 Å². The van der Waals surface area contributed by atoms with E-state index in [0.29, 0.717) is 5.02 Å². The first-order chi connectivity index (χ1) is 11.5. The van der Waals surface area contributed by atoms with Gasteiger partial charge in [0, 0.05) is 5.02 Å². The average molecular weight is 420 g/mol. The topological polar surface area (TPSA) is 104 Å². The summed E-state index contributed by atoms with van der Waals surface area (Å²) in [4.78, 5) is 18.6. The second-order valence-electron chi connectivity index (χ2n) is 5.93. The van der Waals surface area contributed by atoms with Gasteiger partial charge in [-0.2, -0.15) is 4.72 Å². The summed E-state index contributed by atoms with van der Waals surface area (Å²) in [6, 6.07) is 13.1. The van der Waals surface area contributed by atoms with Gasteiger partial charge in [-0.3, -0.25) is 4.57 Å². The minimum Gasteiger partial charge on any atom is -0.323 e. The summed E-state index contributed by atoms with van der Waals surface area (Å²) >= 11 is 5.84. The molecule has 0 spiro atoms. The van der Waals surface area contributed by atoms with Crippen molar-refractivity contribution in [1.29, 1.82) is 0 Å². The van der Waals surface area contributed by atoms with Crippen LogP contribution in [0.5, 0.6) is 0 Å². The zero-order valence-electron chi connectivity index (χ0n) is 13.6. The van der Waals surface area contributed by atoms with Gasteiger partial charge in [-0.05, 0) is 41.3 Å². The Bertz CT molecular complexity index is 876. The molecule has 0 heterocycles. The SMILES string of the molecule is C.CC(C)[C@@H](NS(=O)(=O)c1ccc(-c2ccc(Cl)cc2)cc1)P(=O)(O)O. The predicted octanol–water partition coefficient (Wildman–Crippen LogP) is 4.08. The van der Waals surface area contributed by atoms with Gasteiger partial charge in [0.25, 0.3) is 0 Å². The molecule has 0 aliphatic heterocycles. The molecule has 9 heteroatoms. The summed E-state index contributed by atoms with van der Waals surface area (Å²) in [5, 5.41) is 0.601. The van der Waals surface area contributed by atoms with Crippen molar-refractivity contribution in [3.8, 4) is 11.1 Å². The largest absolute Gasteiger partial charge is 0.343 e. The molecule has 0 aromatic heterocycles. The number of nitrogens with one attached hydrogen (secondary N) is 1. The number of hydrogen-bond acceptors (Lipinski definition) is 3. The fourth-order valence-corrected chi connectivity index (χ4v) is 5.38. The molecule has 3 N–H and O–H groups in total. The van der Waals surface area contributed by atoms with E-state index in [9.17, 15) is 22.8 Å². The number of hydrogen-bond donors (Lipinski definition) is 3. The molecule has 6 nitrogen and oxygen atoms in total. The van der Waals surface area contributed by atoms with Crippen LogP contribution in [0.15, 0.2) is 53.4 Å². The third-order valence-corrected chi connectivity index (χ3v) is 6.95. The van der Waals surface area contributed by atoms with Crippen molar-refractivity contribution in [1.82, 2.24) is 4.72 Å². The number of sulfonamides is 1. The summed E-state index contributed by atoms with van der Waals surface area (Å²) in [7, 11) is -8.67. The van der Waals surface area contributed by atoms with E-state index in [1.807, 2.05) is 12.1 Å². The molecule has 0 aliphatic carbocycles. The highest BCUT2D eigenvalue weighted by Crippen LogP contribution is 2.43. The number of benzene rings is 2. The third kappa shape index (κ3) is 5.64. The molecular weight excluding hydrogens is 397 g/mol. The van der Waals surface area contributed by atoms with Crippen LogP contribution in [0.4, 0.5) is 0 Å². The highest BCUT2D eigenvalue weighted by Gasteiger charge is 2.35.